The van der Waals surface area contributed by atoms with Crippen LogP contribution in [0.4, 0.5) is 0 Å². The molecule has 0 saturated carbocycles. The molecule has 0 aliphatic rings. The summed E-state index contributed by atoms with van der Waals surface area (Å²) in [5, 5.41) is 14.0. The number of allylic oxidation sites excluding steroid dienone is 5. The number of likely N-dealkylation sites (N-methyl/N-ethyl adjacent to an activating group) is 1. The quantitative estimate of drug-likeness (QED) is 0.0272. The summed E-state index contributed by atoms with van der Waals surface area (Å²) < 4.78 is 23.5. The minimum absolute atomic E-state index is 0.000754. The number of aliphatic hydroxyl groups is 1. The van der Waals surface area contributed by atoms with Crippen LogP contribution >= 0.6 is 7.82 Å². The number of carbonyl (C=O) groups is 1. The molecule has 0 fully saturated rings. The highest BCUT2D eigenvalue weighted by Gasteiger charge is 2.23. The second-order valence-electron chi connectivity index (χ2n) is 25.6. The molecule has 9 heteroatoms. The minimum Gasteiger partial charge on any atom is -0.756 e. The third-order valence-electron chi connectivity index (χ3n) is 16.3. The van der Waals surface area contributed by atoms with E-state index in [1.54, 1.807) is 6.08 Å². The van der Waals surface area contributed by atoms with Crippen molar-refractivity contribution in [3.8, 4) is 0 Å². The minimum atomic E-state index is -4.60. The topological polar surface area (TPSA) is 108 Å². The fourth-order valence-corrected chi connectivity index (χ4v) is 11.6. The Kier molecular flexibility index (Phi) is 61.3. The van der Waals surface area contributed by atoms with E-state index in [1.165, 1.54) is 295 Å². The lowest BCUT2D eigenvalue weighted by Crippen LogP contribution is -2.45. The molecule has 3 atom stereocenters. The molecule has 0 heterocycles. The van der Waals surface area contributed by atoms with E-state index in [0.717, 1.165) is 44.9 Å². The van der Waals surface area contributed by atoms with Crippen molar-refractivity contribution in [3.05, 3.63) is 36.5 Å². The molecule has 0 bridgehead atoms. The first-order chi connectivity index (χ1) is 39.0. The van der Waals surface area contributed by atoms with E-state index >= 15 is 0 Å². The van der Waals surface area contributed by atoms with E-state index in [1.807, 2.05) is 27.2 Å². The van der Waals surface area contributed by atoms with Crippen LogP contribution in [-0.4, -0.2) is 68.5 Å². The van der Waals surface area contributed by atoms with Gasteiger partial charge >= 0.3 is 0 Å². The van der Waals surface area contributed by atoms with Gasteiger partial charge in [-0.25, -0.2) is 0 Å². The zero-order chi connectivity index (χ0) is 58.4. The molecule has 0 spiro atoms. The van der Waals surface area contributed by atoms with Crippen LogP contribution in [0.25, 0.3) is 0 Å². The number of hydrogen-bond donors (Lipinski definition) is 2. The van der Waals surface area contributed by atoms with E-state index < -0.39 is 20.0 Å². The second kappa shape index (κ2) is 62.3. The van der Waals surface area contributed by atoms with E-state index in [4.69, 9.17) is 9.05 Å². The van der Waals surface area contributed by atoms with Gasteiger partial charge in [-0.3, -0.25) is 9.36 Å². The molecule has 2 N–H and O–H groups in total. The van der Waals surface area contributed by atoms with Gasteiger partial charge in [0.05, 0.1) is 39.9 Å². The smallest absolute Gasteiger partial charge is 0.268 e. The summed E-state index contributed by atoms with van der Waals surface area (Å²) in [6, 6.07) is -0.887. The molecular formula is C71H139N2O6P. The number of hydrogen-bond acceptors (Lipinski definition) is 6. The summed E-state index contributed by atoms with van der Waals surface area (Å²) in [5.41, 5.74) is 0. The zero-order valence-corrected chi connectivity index (χ0v) is 55.2. The molecule has 8 nitrogen and oxygen atoms in total. The summed E-state index contributed by atoms with van der Waals surface area (Å²) in [7, 11) is 1.28. The predicted molar refractivity (Wildman–Crippen MR) is 348 cm³/mol. The van der Waals surface area contributed by atoms with Gasteiger partial charge in [0.1, 0.15) is 13.2 Å². The molecule has 3 unspecified atom stereocenters. The number of unbranched alkanes of at least 4 members (excludes halogenated alkanes) is 49. The van der Waals surface area contributed by atoms with Gasteiger partial charge in [0.25, 0.3) is 7.82 Å². The normalized spacial score (nSPS) is 13.8. The number of phosphoric acid groups is 1. The molecule has 0 rings (SSSR count). The van der Waals surface area contributed by atoms with Crippen LogP contribution in [0.5, 0.6) is 0 Å². The fraction of sp³-hybridized carbons (Fsp3) is 0.901. The number of rotatable bonds is 66. The van der Waals surface area contributed by atoms with Crippen molar-refractivity contribution in [1.29, 1.82) is 0 Å². The molecule has 80 heavy (non-hydrogen) atoms. The summed E-state index contributed by atoms with van der Waals surface area (Å²) in [6.45, 7) is 4.71. The predicted octanol–water partition coefficient (Wildman–Crippen LogP) is 21.8. The van der Waals surface area contributed by atoms with Crippen LogP contribution in [0, 0.1) is 0 Å². The van der Waals surface area contributed by atoms with Crippen LogP contribution in [0.3, 0.4) is 0 Å². The van der Waals surface area contributed by atoms with Gasteiger partial charge in [0, 0.05) is 6.42 Å². The molecular weight excluding hydrogens is 1010 g/mol. The molecule has 0 aromatic heterocycles. The van der Waals surface area contributed by atoms with Gasteiger partial charge in [-0.2, -0.15) is 0 Å². The van der Waals surface area contributed by atoms with Crippen LogP contribution in [0.2, 0.25) is 0 Å². The third-order valence-corrected chi connectivity index (χ3v) is 17.3. The molecule has 0 aromatic carbocycles. The Morgan fingerprint density at radius 3 is 1.04 bits per heavy atom. The Morgan fingerprint density at radius 2 is 0.725 bits per heavy atom. The number of nitrogens with one attached hydrogen (secondary N) is 1. The summed E-state index contributed by atoms with van der Waals surface area (Å²) >= 11 is 0. The SMILES string of the molecule is CCCCCCCCCCCCC/C=C\C/C=C\CCCCCCCCCCCCCCCCCCCC(=O)NC(COP(=O)([O-])OCC[N+](C)(C)C)C(O)/C=C/CCCCCCCCCCCCCCCCCCCCCCC. The number of amides is 1. The maximum absolute atomic E-state index is 13.0. The molecule has 0 aliphatic carbocycles. The highest BCUT2D eigenvalue weighted by atomic mass is 31.2. The fourth-order valence-electron chi connectivity index (χ4n) is 10.8. The highest BCUT2D eigenvalue weighted by Crippen LogP contribution is 2.38. The van der Waals surface area contributed by atoms with Crippen molar-refractivity contribution in [1.82, 2.24) is 5.32 Å². The van der Waals surface area contributed by atoms with Gasteiger partial charge in [-0.05, 0) is 51.4 Å². The Labute approximate surface area is 499 Å². The number of carbonyl (C=O) groups excluding carboxylic acids is 1. The van der Waals surface area contributed by atoms with E-state index in [-0.39, 0.29) is 19.1 Å². The maximum Gasteiger partial charge on any atom is 0.268 e. The lowest BCUT2D eigenvalue weighted by Gasteiger charge is -2.29. The summed E-state index contributed by atoms with van der Waals surface area (Å²) in [4.78, 5) is 25.6. The number of quaternary nitrogens is 1. The number of aliphatic hydroxyl groups excluding tert-OH is 1. The molecule has 0 saturated heterocycles. The van der Waals surface area contributed by atoms with Gasteiger partial charge in [-0.1, -0.05) is 339 Å². The van der Waals surface area contributed by atoms with Crippen LogP contribution < -0.4 is 10.2 Å². The molecule has 1 amide bonds. The average molecular weight is 1150 g/mol. The van der Waals surface area contributed by atoms with E-state index in [0.29, 0.717) is 17.4 Å². The van der Waals surface area contributed by atoms with Crippen LogP contribution in [0.15, 0.2) is 36.5 Å². The van der Waals surface area contributed by atoms with E-state index in [9.17, 15) is 19.4 Å². The molecule has 0 aromatic rings. The third kappa shape index (κ3) is 64.3. The largest absolute Gasteiger partial charge is 0.756 e. The monoisotopic (exact) mass is 1150 g/mol. The molecule has 474 valence electrons. The van der Waals surface area contributed by atoms with Gasteiger partial charge in [0.15, 0.2) is 0 Å². The summed E-state index contributed by atoms with van der Waals surface area (Å²) in [6.07, 6.45) is 82.7. The first-order valence-electron chi connectivity index (χ1n) is 35.4. The summed E-state index contributed by atoms with van der Waals surface area (Å²) in [5.74, 6) is -0.191. The second-order valence-corrected chi connectivity index (χ2v) is 27.0. The van der Waals surface area contributed by atoms with Crippen molar-refractivity contribution in [2.24, 2.45) is 0 Å². The van der Waals surface area contributed by atoms with Crippen LogP contribution in [-0.2, 0) is 18.4 Å². The van der Waals surface area contributed by atoms with Gasteiger partial charge in [-0.15, -0.1) is 0 Å². The highest BCUT2D eigenvalue weighted by molar-refractivity contribution is 7.45. The zero-order valence-electron chi connectivity index (χ0n) is 54.3. The average Bonchev–Trinajstić information content (AvgIpc) is 3.42. The van der Waals surface area contributed by atoms with Gasteiger partial charge in [0.2, 0.25) is 5.91 Å². The van der Waals surface area contributed by atoms with Crippen molar-refractivity contribution in [3.63, 3.8) is 0 Å². The lowest BCUT2D eigenvalue weighted by molar-refractivity contribution is -0.870. The standard InChI is InChI=1S/C71H139N2O6P/c1-6-8-10-12-14-16-18-20-22-24-26-28-30-31-32-33-34-35-36-37-38-39-40-41-43-45-47-49-51-53-55-57-59-61-63-65-71(75)72-69(68-79-80(76,77)78-67-66-73(3,4)5)70(74)64-62-60-58-56-54-52-50-48-46-44-42-29-27-25-23-21-19-17-15-13-11-9-7-2/h30-31,33-34,62,64,69-70,74H,6-29,32,35-61,63,65-68H2,1-5H3,(H-,72,75,76,77)/b31-30-,34-33-,64-62+. The molecule has 0 aliphatic heterocycles. The van der Waals surface area contributed by atoms with Crippen LogP contribution in [0.1, 0.15) is 361 Å². The molecule has 0 radical (unpaired) electrons. The number of nitrogens with zero attached hydrogens (tertiary/aromatic N) is 1. The Morgan fingerprint density at radius 1 is 0.438 bits per heavy atom. The lowest BCUT2D eigenvalue weighted by atomic mass is 10.0. The van der Waals surface area contributed by atoms with E-state index in [2.05, 4.69) is 43.5 Å². The van der Waals surface area contributed by atoms with Crippen molar-refractivity contribution < 1.29 is 32.9 Å². The Balaban J connectivity index is 4.01. The van der Waals surface area contributed by atoms with Gasteiger partial charge < -0.3 is 28.8 Å². The first-order valence-corrected chi connectivity index (χ1v) is 36.8. The first kappa shape index (κ1) is 78.7. The van der Waals surface area contributed by atoms with Crippen molar-refractivity contribution in [2.45, 2.75) is 373 Å². The Bertz CT molecular complexity index is 1400. The maximum atomic E-state index is 13.0. The van der Waals surface area contributed by atoms with Crippen molar-refractivity contribution >= 4 is 13.7 Å². The Hall–Kier alpha value is -1.28. The van der Waals surface area contributed by atoms with Crippen molar-refractivity contribution in [2.75, 3.05) is 40.9 Å². The number of phosphoric ester groups is 1.